The van der Waals surface area contributed by atoms with Crippen molar-refractivity contribution in [3.8, 4) is 0 Å². The van der Waals surface area contributed by atoms with E-state index in [0.717, 1.165) is 16.7 Å². The fourth-order valence-electron chi connectivity index (χ4n) is 6.41. The molecule has 276 valence electrons. The van der Waals surface area contributed by atoms with Gasteiger partial charge in [-0.3, -0.25) is 4.79 Å². The number of rotatable bonds is 19. The number of benzene rings is 3. The fraction of sp³-hybridized carbons (Fsp3) is 0.474. The van der Waals surface area contributed by atoms with Crippen LogP contribution in [0, 0.1) is 16.7 Å². The highest BCUT2D eigenvalue weighted by atomic mass is 32.2. The number of nitrogens with one attached hydrogen (secondary N) is 1. The quantitative estimate of drug-likeness (QED) is 0.153. The first-order valence-electron chi connectivity index (χ1n) is 17.5. The van der Waals surface area contributed by atoms with Crippen molar-refractivity contribution in [2.45, 2.75) is 83.3 Å². The molecule has 0 unspecified atom stereocenters. The number of amides is 3. The topological polar surface area (TPSA) is 160 Å². The molecule has 1 saturated heterocycles. The van der Waals surface area contributed by atoms with Crippen molar-refractivity contribution < 1.29 is 28.2 Å². The van der Waals surface area contributed by atoms with Crippen molar-refractivity contribution in [3.05, 3.63) is 106 Å². The van der Waals surface area contributed by atoms with Crippen molar-refractivity contribution in [1.29, 1.82) is 0 Å². The standard InChI is InChI=1S/C38H51N5O7S/c1-5-28(4)36(43-19-18-41(38(43)47)24-31-12-9-13-32(20-31)26-44)37(46)40-34(21-29-10-7-6-8-11-29)35(45)25-42(23-27(2)3)51(49,50)33-16-14-30(15-17-33)22-39-48/h6-17,20,27-28,34-36,44-45H,5,18-19,21-26H2,1-4H3,(H,40,46)/t28-,34-,35+,36-/m0/s1. The minimum atomic E-state index is -4.07. The third-order valence-corrected chi connectivity index (χ3v) is 11.2. The summed E-state index contributed by atoms with van der Waals surface area (Å²) in [7, 11) is -4.07. The van der Waals surface area contributed by atoms with Gasteiger partial charge in [0.15, 0.2) is 0 Å². The molecule has 3 amide bonds. The summed E-state index contributed by atoms with van der Waals surface area (Å²) in [6, 6.07) is 20.7. The molecule has 0 saturated carbocycles. The van der Waals surface area contributed by atoms with Crippen LogP contribution in [0.1, 0.15) is 56.4 Å². The van der Waals surface area contributed by atoms with Gasteiger partial charge in [-0.15, -0.1) is 0 Å². The van der Waals surface area contributed by atoms with Crippen LogP contribution >= 0.6 is 0 Å². The van der Waals surface area contributed by atoms with Gasteiger partial charge in [-0.25, -0.2) is 13.2 Å². The van der Waals surface area contributed by atoms with E-state index >= 15 is 0 Å². The molecule has 3 N–H and O–H groups in total. The Morgan fingerprint density at radius 3 is 2.22 bits per heavy atom. The predicted octanol–water partition coefficient (Wildman–Crippen LogP) is 4.53. The van der Waals surface area contributed by atoms with E-state index in [0.29, 0.717) is 31.6 Å². The maximum absolute atomic E-state index is 14.3. The van der Waals surface area contributed by atoms with Crippen LogP contribution in [0.15, 0.2) is 88.9 Å². The summed E-state index contributed by atoms with van der Waals surface area (Å²) in [4.78, 5) is 42.0. The number of urea groups is 1. The molecule has 51 heavy (non-hydrogen) atoms. The summed E-state index contributed by atoms with van der Waals surface area (Å²) in [5.41, 5.74) is 3.05. The average Bonchev–Trinajstić information content (AvgIpc) is 3.46. The number of nitroso groups, excluding NO2 is 1. The molecular formula is C38H51N5O7S. The number of hydrogen-bond donors (Lipinski definition) is 3. The van der Waals surface area contributed by atoms with E-state index in [1.54, 1.807) is 21.9 Å². The van der Waals surface area contributed by atoms with Crippen LogP contribution in [0.25, 0.3) is 0 Å². The molecule has 0 bridgehead atoms. The largest absolute Gasteiger partial charge is 0.392 e. The van der Waals surface area contributed by atoms with Crippen LogP contribution in [0.5, 0.6) is 0 Å². The molecular weight excluding hydrogens is 671 g/mol. The molecule has 3 aromatic rings. The maximum Gasteiger partial charge on any atom is 0.321 e. The van der Waals surface area contributed by atoms with Crippen LogP contribution in [0.2, 0.25) is 0 Å². The third kappa shape index (κ3) is 10.4. The molecule has 0 aliphatic carbocycles. The Kier molecular flexibility index (Phi) is 14.3. The van der Waals surface area contributed by atoms with Crippen LogP contribution in [0.4, 0.5) is 4.79 Å². The number of carbonyl (C=O) groups excluding carboxylic acids is 2. The van der Waals surface area contributed by atoms with E-state index in [2.05, 4.69) is 10.5 Å². The van der Waals surface area contributed by atoms with Gasteiger partial charge in [0.25, 0.3) is 0 Å². The first-order valence-corrected chi connectivity index (χ1v) is 19.0. The van der Waals surface area contributed by atoms with E-state index in [1.807, 2.05) is 82.3 Å². The van der Waals surface area contributed by atoms with Gasteiger partial charge in [0, 0.05) is 32.7 Å². The first kappa shape index (κ1) is 39.6. The predicted molar refractivity (Wildman–Crippen MR) is 196 cm³/mol. The van der Waals surface area contributed by atoms with Gasteiger partial charge in [0.2, 0.25) is 15.9 Å². The highest BCUT2D eigenvalue weighted by Gasteiger charge is 2.41. The second kappa shape index (κ2) is 18.4. The van der Waals surface area contributed by atoms with Crippen molar-refractivity contribution in [2.24, 2.45) is 17.0 Å². The number of carbonyl (C=O) groups is 2. The second-order valence-corrected chi connectivity index (χ2v) is 15.7. The van der Waals surface area contributed by atoms with Crippen molar-refractivity contribution in [2.75, 3.05) is 26.2 Å². The van der Waals surface area contributed by atoms with Crippen molar-refractivity contribution in [3.63, 3.8) is 0 Å². The van der Waals surface area contributed by atoms with Gasteiger partial charge in [0.05, 0.1) is 23.6 Å². The number of hydrogen-bond acceptors (Lipinski definition) is 8. The molecule has 1 aliphatic heterocycles. The van der Waals surface area contributed by atoms with Gasteiger partial charge in [-0.05, 0) is 52.6 Å². The lowest BCUT2D eigenvalue weighted by Crippen LogP contribution is -2.57. The lowest BCUT2D eigenvalue weighted by Gasteiger charge is -2.35. The molecule has 12 nitrogen and oxygen atoms in total. The van der Waals surface area contributed by atoms with E-state index in [9.17, 15) is 33.1 Å². The molecule has 13 heteroatoms. The average molecular weight is 722 g/mol. The van der Waals surface area contributed by atoms with E-state index < -0.39 is 34.1 Å². The highest BCUT2D eigenvalue weighted by molar-refractivity contribution is 7.89. The molecule has 4 atom stereocenters. The molecule has 4 rings (SSSR count). The Morgan fingerprint density at radius 2 is 1.59 bits per heavy atom. The van der Waals surface area contributed by atoms with Gasteiger partial charge in [0.1, 0.15) is 12.6 Å². The number of sulfonamides is 1. The molecule has 1 fully saturated rings. The van der Waals surface area contributed by atoms with Crippen LogP contribution in [0.3, 0.4) is 0 Å². The van der Waals surface area contributed by atoms with Gasteiger partial charge >= 0.3 is 6.03 Å². The van der Waals surface area contributed by atoms with Crippen molar-refractivity contribution >= 4 is 22.0 Å². The minimum absolute atomic E-state index is 0.0191. The molecule has 0 aromatic heterocycles. The zero-order chi connectivity index (χ0) is 37.1. The lowest BCUT2D eigenvalue weighted by molar-refractivity contribution is -0.128. The number of aliphatic hydroxyl groups excluding tert-OH is 2. The molecule has 1 heterocycles. The number of aliphatic hydroxyl groups is 2. The summed E-state index contributed by atoms with van der Waals surface area (Å²) >= 11 is 0. The second-order valence-electron chi connectivity index (χ2n) is 13.7. The smallest absolute Gasteiger partial charge is 0.321 e. The van der Waals surface area contributed by atoms with Crippen LogP contribution in [-0.4, -0.2) is 89.0 Å². The van der Waals surface area contributed by atoms with Crippen LogP contribution < -0.4 is 5.32 Å². The lowest BCUT2D eigenvalue weighted by atomic mass is 9.95. The SMILES string of the molecule is CC[C@H](C)[C@@H](C(=O)N[C@@H](Cc1ccccc1)[C@H](O)CN(CC(C)C)S(=O)(=O)c1ccc(CN=O)cc1)N1CCN(Cc2cccc(CO)c2)C1=O. The van der Waals surface area contributed by atoms with E-state index in [4.69, 9.17) is 0 Å². The van der Waals surface area contributed by atoms with Crippen LogP contribution in [-0.2, 0) is 40.9 Å². The Labute approximate surface area is 301 Å². The third-order valence-electron chi connectivity index (χ3n) is 9.32. The maximum atomic E-state index is 14.3. The highest BCUT2D eigenvalue weighted by Crippen LogP contribution is 2.24. The summed E-state index contributed by atoms with van der Waals surface area (Å²) in [5, 5.41) is 27.3. The summed E-state index contributed by atoms with van der Waals surface area (Å²) in [5.74, 6) is -0.700. The Morgan fingerprint density at radius 1 is 0.922 bits per heavy atom. The monoisotopic (exact) mass is 721 g/mol. The Balaban J connectivity index is 1.58. The first-order chi connectivity index (χ1) is 24.4. The zero-order valence-electron chi connectivity index (χ0n) is 29.9. The molecule has 0 spiro atoms. The molecule has 0 radical (unpaired) electrons. The zero-order valence-corrected chi connectivity index (χ0v) is 30.7. The molecule has 1 aliphatic rings. The summed E-state index contributed by atoms with van der Waals surface area (Å²) < 4.78 is 29.0. The number of nitrogens with zero attached hydrogens (tertiary/aromatic N) is 4. The van der Waals surface area contributed by atoms with E-state index in [1.165, 1.54) is 16.4 Å². The Bertz CT molecular complexity index is 1700. The Hall–Kier alpha value is -4.17. The van der Waals surface area contributed by atoms with Gasteiger partial charge < -0.3 is 25.3 Å². The van der Waals surface area contributed by atoms with E-state index in [-0.39, 0.29) is 55.4 Å². The summed E-state index contributed by atoms with van der Waals surface area (Å²) in [6.45, 7) is 8.40. The van der Waals surface area contributed by atoms with Crippen molar-refractivity contribution in [1.82, 2.24) is 19.4 Å². The summed E-state index contributed by atoms with van der Waals surface area (Å²) in [6.07, 6.45) is -0.456. The molecule has 3 aromatic carbocycles. The fourth-order valence-corrected chi connectivity index (χ4v) is 8.03. The van der Waals surface area contributed by atoms with Gasteiger partial charge in [-0.2, -0.15) is 9.21 Å². The minimum Gasteiger partial charge on any atom is -0.392 e. The normalized spacial score (nSPS) is 16.0. The van der Waals surface area contributed by atoms with Gasteiger partial charge in [-0.1, -0.05) is 106 Å².